The molecule has 7 heteroatoms. The number of aliphatic hydroxyl groups is 1. The van der Waals surface area contributed by atoms with E-state index in [2.05, 4.69) is 9.97 Å². The van der Waals surface area contributed by atoms with Gasteiger partial charge in [0.05, 0.1) is 7.11 Å². The van der Waals surface area contributed by atoms with E-state index >= 15 is 0 Å². The molecule has 2 heterocycles. The molecule has 1 N–H and O–H groups in total. The number of amides is 1. The maximum Gasteiger partial charge on any atom is 0.297 e. The van der Waals surface area contributed by atoms with E-state index in [1.54, 1.807) is 6.92 Å². The first-order valence-electron chi connectivity index (χ1n) is 4.80. The zero-order valence-electron chi connectivity index (χ0n) is 9.22. The van der Waals surface area contributed by atoms with Crippen LogP contribution in [0, 0.1) is 0 Å². The van der Waals surface area contributed by atoms with Crippen molar-refractivity contribution in [3.63, 3.8) is 0 Å². The first kappa shape index (κ1) is 11.8. The number of hydrogen-bond acceptors (Lipinski definition) is 5. The molecule has 0 aliphatic carbocycles. The van der Waals surface area contributed by atoms with E-state index in [0.717, 1.165) is 4.90 Å². The fraction of sp³-hybridized carbons (Fsp3) is 0.300. The minimum absolute atomic E-state index is 0.118. The molecule has 1 aliphatic rings. The Labute approximate surface area is 102 Å². The highest BCUT2D eigenvalue weighted by atomic mass is 35.5. The topological polar surface area (TPSA) is 75.6 Å². The van der Waals surface area contributed by atoms with Gasteiger partial charge in [-0.15, -0.1) is 0 Å². The highest BCUT2D eigenvalue weighted by Crippen LogP contribution is 2.29. The number of rotatable bonds is 2. The smallest absolute Gasteiger partial charge is 0.297 e. The lowest BCUT2D eigenvalue weighted by Gasteiger charge is -2.19. The second-order valence-corrected chi connectivity index (χ2v) is 3.85. The molecule has 90 valence electrons. The van der Waals surface area contributed by atoms with Gasteiger partial charge >= 0.3 is 0 Å². The van der Waals surface area contributed by atoms with Crippen molar-refractivity contribution in [2.24, 2.45) is 0 Å². The van der Waals surface area contributed by atoms with Crippen LogP contribution in [-0.2, 0) is 9.53 Å². The maximum atomic E-state index is 11.9. The van der Waals surface area contributed by atoms with Gasteiger partial charge in [-0.2, -0.15) is 0 Å². The van der Waals surface area contributed by atoms with Gasteiger partial charge in [-0.05, 0) is 6.92 Å². The van der Waals surface area contributed by atoms with Crippen molar-refractivity contribution in [1.82, 2.24) is 9.97 Å². The number of carbonyl (C=O) groups is 1. The SMILES string of the molecule is COC1=C(C)C(O)N(c2cc(Cl)ncn2)C1=O. The number of carbonyl (C=O) groups excluding carboxylic acids is 1. The van der Waals surface area contributed by atoms with Crippen LogP contribution in [0.4, 0.5) is 5.82 Å². The van der Waals surface area contributed by atoms with Gasteiger partial charge in [0.15, 0.2) is 12.0 Å². The molecule has 1 aliphatic heterocycles. The Morgan fingerprint density at radius 1 is 1.53 bits per heavy atom. The van der Waals surface area contributed by atoms with Crippen LogP contribution in [0.1, 0.15) is 6.92 Å². The second-order valence-electron chi connectivity index (χ2n) is 3.46. The average Bonchev–Trinajstić information content (AvgIpc) is 2.50. The summed E-state index contributed by atoms with van der Waals surface area (Å²) in [5.74, 6) is -0.103. The van der Waals surface area contributed by atoms with Crippen molar-refractivity contribution >= 4 is 23.3 Å². The van der Waals surface area contributed by atoms with E-state index < -0.39 is 12.1 Å². The minimum Gasteiger partial charge on any atom is -0.491 e. The Kier molecular flexibility index (Phi) is 2.99. The summed E-state index contributed by atoms with van der Waals surface area (Å²) in [4.78, 5) is 20.6. The first-order valence-corrected chi connectivity index (χ1v) is 5.18. The molecule has 6 nitrogen and oxygen atoms in total. The number of nitrogens with zero attached hydrogens (tertiary/aromatic N) is 3. The summed E-state index contributed by atoms with van der Waals surface area (Å²) in [5, 5.41) is 10.1. The molecule has 0 spiro atoms. The largest absolute Gasteiger partial charge is 0.491 e. The van der Waals surface area contributed by atoms with Gasteiger partial charge in [0.2, 0.25) is 0 Å². The number of aliphatic hydroxyl groups excluding tert-OH is 1. The number of hydrogen-bond donors (Lipinski definition) is 1. The summed E-state index contributed by atoms with van der Waals surface area (Å²) in [6, 6.07) is 1.40. The fourth-order valence-corrected chi connectivity index (χ4v) is 1.77. The van der Waals surface area contributed by atoms with Crippen molar-refractivity contribution in [2.45, 2.75) is 13.2 Å². The quantitative estimate of drug-likeness (QED) is 0.788. The number of methoxy groups -OCH3 is 1. The Balaban J connectivity index is 2.41. The molecule has 1 atom stereocenters. The van der Waals surface area contributed by atoms with E-state index in [9.17, 15) is 9.90 Å². The molecule has 2 rings (SSSR count). The van der Waals surface area contributed by atoms with Gasteiger partial charge < -0.3 is 9.84 Å². The van der Waals surface area contributed by atoms with Crippen LogP contribution in [-0.4, -0.2) is 34.3 Å². The van der Waals surface area contributed by atoms with Gasteiger partial charge in [0.25, 0.3) is 5.91 Å². The van der Waals surface area contributed by atoms with Gasteiger partial charge in [0.1, 0.15) is 17.3 Å². The van der Waals surface area contributed by atoms with E-state index in [1.807, 2.05) is 0 Å². The molecule has 1 unspecified atom stereocenters. The standard InChI is InChI=1S/C10H10ClN3O3/c1-5-8(17-2)10(16)14(9(5)15)7-3-6(11)12-4-13-7/h3-4,9,15H,1-2H3. The fourth-order valence-electron chi connectivity index (χ4n) is 1.63. The molecule has 0 fully saturated rings. The lowest BCUT2D eigenvalue weighted by molar-refractivity contribution is -0.118. The van der Waals surface area contributed by atoms with Crippen molar-refractivity contribution in [2.75, 3.05) is 12.0 Å². The van der Waals surface area contributed by atoms with Crippen LogP contribution >= 0.6 is 11.6 Å². The highest BCUT2D eigenvalue weighted by molar-refractivity contribution is 6.29. The van der Waals surface area contributed by atoms with Crippen molar-refractivity contribution < 1.29 is 14.6 Å². The Hall–Kier alpha value is -1.66. The first-order chi connectivity index (χ1) is 8.06. The summed E-state index contributed by atoms with van der Waals surface area (Å²) in [6.45, 7) is 1.62. The molecule has 0 aromatic carbocycles. The zero-order valence-corrected chi connectivity index (χ0v) is 9.97. The van der Waals surface area contributed by atoms with Gasteiger partial charge in [0, 0.05) is 11.6 Å². The summed E-state index contributed by atoms with van der Waals surface area (Å²) in [6.07, 6.45) is 0.126. The monoisotopic (exact) mass is 255 g/mol. The van der Waals surface area contributed by atoms with Crippen LogP contribution < -0.4 is 4.90 Å². The third kappa shape index (κ3) is 1.85. The normalized spacial score (nSPS) is 20.1. The lowest BCUT2D eigenvalue weighted by Crippen LogP contribution is -2.36. The van der Waals surface area contributed by atoms with Gasteiger partial charge in [-0.1, -0.05) is 11.6 Å². The zero-order chi connectivity index (χ0) is 12.6. The van der Waals surface area contributed by atoms with Crippen LogP contribution in [0.3, 0.4) is 0 Å². The van der Waals surface area contributed by atoms with Gasteiger partial charge in [-0.3, -0.25) is 9.69 Å². The number of halogens is 1. The molecule has 0 saturated heterocycles. The van der Waals surface area contributed by atoms with E-state index in [4.69, 9.17) is 16.3 Å². The number of aromatic nitrogens is 2. The third-order valence-corrected chi connectivity index (χ3v) is 2.68. The van der Waals surface area contributed by atoms with E-state index in [0.29, 0.717) is 5.57 Å². The third-order valence-electron chi connectivity index (χ3n) is 2.47. The molecule has 0 radical (unpaired) electrons. The average molecular weight is 256 g/mol. The lowest BCUT2D eigenvalue weighted by atomic mass is 10.3. The number of anilines is 1. The molecular formula is C10H10ClN3O3. The molecule has 1 aromatic heterocycles. The summed E-state index contributed by atoms with van der Waals surface area (Å²) >= 11 is 5.71. The Bertz CT molecular complexity index is 503. The van der Waals surface area contributed by atoms with Crippen molar-refractivity contribution in [1.29, 1.82) is 0 Å². The Morgan fingerprint density at radius 2 is 2.24 bits per heavy atom. The molecule has 0 saturated carbocycles. The van der Waals surface area contributed by atoms with Crippen LogP contribution in [0.15, 0.2) is 23.7 Å². The predicted octanol–water partition coefficient (Wildman–Crippen LogP) is 0.715. The molecular weight excluding hydrogens is 246 g/mol. The van der Waals surface area contributed by atoms with E-state index in [1.165, 1.54) is 19.5 Å². The predicted molar refractivity (Wildman–Crippen MR) is 60.2 cm³/mol. The second kappa shape index (κ2) is 4.31. The Morgan fingerprint density at radius 3 is 2.76 bits per heavy atom. The molecule has 1 amide bonds. The molecule has 17 heavy (non-hydrogen) atoms. The summed E-state index contributed by atoms with van der Waals surface area (Å²) in [7, 11) is 1.37. The molecule has 0 bridgehead atoms. The summed E-state index contributed by atoms with van der Waals surface area (Å²) in [5.41, 5.74) is 0.437. The molecule has 1 aromatic rings. The van der Waals surface area contributed by atoms with Gasteiger partial charge in [-0.25, -0.2) is 9.97 Å². The van der Waals surface area contributed by atoms with Crippen LogP contribution in [0.2, 0.25) is 5.15 Å². The van der Waals surface area contributed by atoms with Crippen LogP contribution in [0.5, 0.6) is 0 Å². The number of ether oxygens (including phenoxy) is 1. The summed E-state index contributed by atoms with van der Waals surface area (Å²) < 4.78 is 4.94. The minimum atomic E-state index is -1.09. The highest BCUT2D eigenvalue weighted by Gasteiger charge is 2.38. The maximum absolute atomic E-state index is 11.9. The van der Waals surface area contributed by atoms with Crippen LogP contribution in [0.25, 0.3) is 0 Å². The van der Waals surface area contributed by atoms with E-state index in [-0.39, 0.29) is 16.7 Å². The van der Waals surface area contributed by atoms with Crippen molar-refractivity contribution in [3.8, 4) is 0 Å². The van der Waals surface area contributed by atoms with Crippen molar-refractivity contribution in [3.05, 3.63) is 28.9 Å².